The van der Waals surface area contributed by atoms with Crippen LogP contribution < -0.4 is 9.47 Å². The first-order chi connectivity index (χ1) is 19.4. The number of unbranched alkanes of at least 4 members (excludes halogenated alkanes) is 4. The Kier molecular flexibility index (Phi) is 11.2. The molecule has 0 atom stereocenters. The van der Waals surface area contributed by atoms with Crippen LogP contribution in [0.5, 0.6) is 11.5 Å². The lowest BCUT2D eigenvalue weighted by Crippen LogP contribution is -2.35. The van der Waals surface area contributed by atoms with E-state index < -0.39 is 5.91 Å². The molecule has 2 heterocycles. The smallest absolute Gasteiger partial charge is 0.283 e. The summed E-state index contributed by atoms with van der Waals surface area (Å²) in [4.78, 5) is 17.1. The molecule has 4 rings (SSSR count). The van der Waals surface area contributed by atoms with Gasteiger partial charge in [0.15, 0.2) is 5.84 Å². The van der Waals surface area contributed by atoms with Gasteiger partial charge in [-0.05, 0) is 73.5 Å². The summed E-state index contributed by atoms with van der Waals surface area (Å²) in [5.74, 6) is 0.853. The molecule has 0 unspecified atom stereocenters. The number of aliphatic imine (C=N–C) groups is 1. The second-order valence-corrected chi connectivity index (χ2v) is 11.0. The third kappa shape index (κ3) is 8.43. The first-order valence-electron chi connectivity index (χ1n) is 13.6. The van der Waals surface area contributed by atoms with Crippen molar-refractivity contribution in [3.8, 4) is 11.5 Å². The molecule has 40 heavy (non-hydrogen) atoms. The van der Waals surface area contributed by atoms with E-state index in [-0.39, 0.29) is 11.4 Å². The van der Waals surface area contributed by atoms with Crippen LogP contribution in [0.3, 0.4) is 0 Å². The Labute approximate surface area is 244 Å². The number of benzene rings is 2. The zero-order valence-electron chi connectivity index (χ0n) is 23.0. The number of amides is 1. The highest BCUT2D eigenvalue weighted by Gasteiger charge is 2.35. The Morgan fingerprint density at radius 2 is 1.82 bits per heavy atom. The number of fused-ring (bicyclic) bond motifs is 1. The van der Waals surface area contributed by atoms with Gasteiger partial charge < -0.3 is 14.2 Å². The number of hydrogen-bond acceptors (Lipinski definition) is 7. The lowest BCUT2D eigenvalue weighted by atomic mass is 10.1. The number of amidine groups is 2. The van der Waals surface area contributed by atoms with Crippen molar-refractivity contribution in [2.24, 2.45) is 10.1 Å². The van der Waals surface area contributed by atoms with Crippen molar-refractivity contribution < 1.29 is 19.0 Å². The Balaban J connectivity index is 1.32. The van der Waals surface area contributed by atoms with Gasteiger partial charge in [0, 0.05) is 10.6 Å². The van der Waals surface area contributed by atoms with Crippen LogP contribution in [0.25, 0.3) is 6.08 Å². The molecule has 2 aromatic rings. The third-order valence-electron chi connectivity index (χ3n) is 6.23. The highest BCUT2D eigenvalue weighted by molar-refractivity contribution is 8.26. The van der Waals surface area contributed by atoms with Gasteiger partial charge in [-0.2, -0.15) is 15.1 Å². The molecule has 212 valence electrons. The predicted molar refractivity (Wildman–Crippen MR) is 163 cm³/mol. The van der Waals surface area contributed by atoms with Crippen LogP contribution in [0.4, 0.5) is 0 Å². The Morgan fingerprint density at radius 1 is 1.02 bits per heavy atom. The number of hydrogen-bond donors (Lipinski definition) is 1. The summed E-state index contributed by atoms with van der Waals surface area (Å²) in [5, 5.41) is 16.5. The molecule has 0 radical (unpaired) electrons. The minimum atomic E-state index is -0.481. The molecule has 8 nitrogen and oxygen atoms in total. The quantitative estimate of drug-likeness (QED) is 0.178. The van der Waals surface area contributed by atoms with Crippen LogP contribution in [-0.2, 0) is 9.53 Å². The Morgan fingerprint density at radius 3 is 2.62 bits per heavy atom. The topological polar surface area (TPSA) is 96.6 Å². The van der Waals surface area contributed by atoms with Crippen LogP contribution in [0.2, 0.25) is 5.02 Å². The first kappa shape index (κ1) is 29.8. The van der Waals surface area contributed by atoms with E-state index in [1.165, 1.54) is 36.0 Å². The SMILES string of the molecule is CCCCCCCC1=NN2C(=N)/C(=C/c3cc(Cl)ccc3OCCOCCOc3cccc(C)c3)C(=O)N=C2S1. The summed E-state index contributed by atoms with van der Waals surface area (Å²) < 4.78 is 17.3. The minimum Gasteiger partial charge on any atom is -0.491 e. The zero-order chi connectivity index (χ0) is 28.3. The molecule has 2 aromatic carbocycles. The van der Waals surface area contributed by atoms with E-state index in [0.29, 0.717) is 47.9 Å². The van der Waals surface area contributed by atoms with Crippen LogP contribution in [-0.4, -0.2) is 53.4 Å². The molecule has 0 bridgehead atoms. The van der Waals surface area contributed by atoms with E-state index in [1.54, 1.807) is 24.3 Å². The number of rotatable bonds is 15. The fourth-order valence-corrected chi connectivity index (χ4v) is 5.28. The summed E-state index contributed by atoms with van der Waals surface area (Å²) in [6.45, 7) is 5.73. The summed E-state index contributed by atoms with van der Waals surface area (Å²) in [6, 6.07) is 13.0. The van der Waals surface area contributed by atoms with Gasteiger partial charge in [-0.25, -0.2) is 0 Å². The van der Waals surface area contributed by atoms with Crippen molar-refractivity contribution in [2.75, 3.05) is 26.4 Å². The molecule has 0 spiro atoms. The van der Waals surface area contributed by atoms with Crippen LogP contribution in [0, 0.1) is 12.3 Å². The number of carbonyl (C=O) groups excluding carboxylic acids is 1. The van der Waals surface area contributed by atoms with E-state index in [0.717, 1.165) is 35.6 Å². The first-order valence-corrected chi connectivity index (χ1v) is 14.8. The molecule has 0 aliphatic carbocycles. The molecular weight excluding hydrogens is 548 g/mol. The maximum Gasteiger partial charge on any atom is 0.283 e. The van der Waals surface area contributed by atoms with Crippen molar-refractivity contribution in [1.29, 1.82) is 5.41 Å². The van der Waals surface area contributed by atoms with Crippen molar-refractivity contribution >= 4 is 51.4 Å². The normalized spacial score (nSPS) is 15.8. The van der Waals surface area contributed by atoms with Gasteiger partial charge in [0.05, 0.1) is 18.8 Å². The molecule has 0 saturated heterocycles. The van der Waals surface area contributed by atoms with E-state index in [9.17, 15) is 4.79 Å². The number of carbonyl (C=O) groups is 1. The maximum absolute atomic E-state index is 12.9. The van der Waals surface area contributed by atoms with Crippen molar-refractivity contribution in [3.63, 3.8) is 0 Å². The Bertz CT molecular complexity index is 1310. The van der Waals surface area contributed by atoms with Crippen molar-refractivity contribution in [1.82, 2.24) is 5.01 Å². The van der Waals surface area contributed by atoms with Crippen LogP contribution in [0.1, 0.15) is 56.6 Å². The highest BCUT2D eigenvalue weighted by atomic mass is 35.5. The van der Waals surface area contributed by atoms with Crippen molar-refractivity contribution in [3.05, 3.63) is 64.2 Å². The molecular formula is C30H35ClN4O4S. The van der Waals surface area contributed by atoms with Crippen LogP contribution >= 0.6 is 23.4 Å². The van der Waals surface area contributed by atoms with Gasteiger partial charge in [0.2, 0.25) is 5.17 Å². The fourth-order valence-electron chi connectivity index (χ4n) is 4.17. The summed E-state index contributed by atoms with van der Waals surface area (Å²) in [5.41, 5.74) is 1.85. The largest absolute Gasteiger partial charge is 0.491 e. The number of halogens is 1. The molecule has 2 aliphatic heterocycles. The van der Waals surface area contributed by atoms with E-state index in [1.807, 2.05) is 31.2 Å². The lowest BCUT2D eigenvalue weighted by Gasteiger charge is -2.20. The average molecular weight is 583 g/mol. The third-order valence-corrected chi connectivity index (χ3v) is 7.44. The number of nitrogens with one attached hydrogen (secondary N) is 1. The van der Waals surface area contributed by atoms with E-state index >= 15 is 0 Å². The zero-order valence-corrected chi connectivity index (χ0v) is 24.5. The molecule has 1 N–H and O–H groups in total. The van der Waals surface area contributed by atoms with Gasteiger partial charge >= 0.3 is 0 Å². The van der Waals surface area contributed by atoms with Crippen molar-refractivity contribution in [2.45, 2.75) is 52.4 Å². The summed E-state index contributed by atoms with van der Waals surface area (Å²) in [6.07, 6.45) is 8.22. The van der Waals surface area contributed by atoms with Gasteiger partial charge in [0.25, 0.3) is 5.91 Å². The second kappa shape index (κ2) is 15.0. The highest BCUT2D eigenvalue weighted by Crippen LogP contribution is 2.32. The molecule has 0 fully saturated rings. The van der Waals surface area contributed by atoms with Gasteiger partial charge in [-0.3, -0.25) is 10.2 Å². The minimum absolute atomic E-state index is 0.00801. The molecule has 10 heteroatoms. The van der Waals surface area contributed by atoms with E-state index in [4.69, 9.17) is 31.2 Å². The summed E-state index contributed by atoms with van der Waals surface area (Å²) in [7, 11) is 0. The number of nitrogens with zero attached hydrogens (tertiary/aromatic N) is 3. The number of aryl methyl sites for hydroxylation is 1. The molecule has 0 saturated carbocycles. The average Bonchev–Trinajstić information content (AvgIpc) is 3.34. The van der Waals surface area contributed by atoms with Gasteiger partial charge in [0.1, 0.15) is 29.8 Å². The monoisotopic (exact) mass is 582 g/mol. The standard InChI is InChI=1S/C30H35ClN4O4S/c1-3-4-5-6-7-11-27-34-35-28(32)25(29(36)33-30(35)40-27)20-22-19-23(31)12-13-26(22)39-17-15-37-14-16-38-24-10-8-9-21(2)18-24/h8-10,12-13,18-20,32H,3-7,11,14-17H2,1-2H3/b25-20-,32-28?. The maximum atomic E-state index is 12.9. The lowest BCUT2D eigenvalue weighted by molar-refractivity contribution is -0.114. The van der Waals surface area contributed by atoms with Gasteiger partial charge in [-0.1, -0.05) is 56.3 Å². The summed E-state index contributed by atoms with van der Waals surface area (Å²) >= 11 is 7.62. The van der Waals surface area contributed by atoms with E-state index in [2.05, 4.69) is 17.0 Å². The molecule has 1 amide bonds. The number of thioether (sulfide) groups is 1. The number of ether oxygens (including phenoxy) is 3. The number of hydrazone groups is 1. The Hall–Kier alpha value is -3.14. The van der Waals surface area contributed by atoms with Crippen LogP contribution in [0.15, 0.2) is 58.1 Å². The second-order valence-electron chi connectivity index (χ2n) is 9.49. The fraction of sp³-hybridized carbons (Fsp3) is 0.400. The van der Waals surface area contributed by atoms with Gasteiger partial charge in [-0.15, -0.1) is 0 Å². The molecule has 2 aliphatic rings. The predicted octanol–water partition coefficient (Wildman–Crippen LogP) is 7.10. The molecule has 0 aromatic heterocycles.